The summed E-state index contributed by atoms with van der Waals surface area (Å²) in [5.41, 5.74) is 3.27. The summed E-state index contributed by atoms with van der Waals surface area (Å²) < 4.78 is 0. The highest BCUT2D eigenvalue weighted by atomic mass is 32.1. The van der Waals surface area contributed by atoms with Gasteiger partial charge in [0, 0.05) is 17.0 Å². The van der Waals surface area contributed by atoms with Crippen LogP contribution in [0.5, 0.6) is 0 Å². The quantitative estimate of drug-likeness (QED) is 0.851. The van der Waals surface area contributed by atoms with Crippen LogP contribution in [0.25, 0.3) is 0 Å². The Hall–Kier alpha value is -1.12. The number of fused-ring (bicyclic) bond motifs is 1. The fourth-order valence-electron chi connectivity index (χ4n) is 3.18. The van der Waals surface area contributed by atoms with E-state index >= 15 is 0 Å². The van der Waals surface area contributed by atoms with Crippen LogP contribution in [-0.2, 0) is 6.42 Å². The molecule has 1 heterocycles. The molecule has 2 heteroatoms. The van der Waals surface area contributed by atoms with Crippen LogP contribution in [0.1, 0.15) is 48.9 Å². The van der Waals surface area contributed by atoms with E-state index in [0.717, 1.165) is 6.42 Å². The number of thiophene rings is 1. The van der Waals surface area contributed by atoms with Gasteiger partial charge in [-0.05, 0) is 41.3 Å². The zero-order chi connectivity index (χ0) is 13.5. The van der Waals surface area contributed by atoms with E-state index in [2.05, 4.69) is 67.9 Å². The van der Waals surface area contributed by atoms with Gasteiger partial charge in [-0.3, -0.25) is 0 Å². The summed E-state index contributed by atoms with van der Waals surface area (Å²) in [7, 11) is 0. The fourth-order valence-corrected chi connectivity index (χ4v) is 3.92. The molecule has 100 valence electrons. The van der Waals surface area contributed by atoms with Crippen molar-refractivity contribution in [3.05, 3.63) is 57.8 Å². The van der Waals surface area contributed by atoms with Gasteiger partial charge in [0.25, 0.3) is 0 Å². The Kier molecular flexibility index (Phi) is 3.23. The van der Waals surface area contributed by atoms with Crippen molar-refractivity contribution in [2.75, 3.05) is 0 Å². The maximum atomic E-state index is 3.84. The van der Waals surface area contributed by atoms with E-state index in [0.29, 0.717) is 12.1 Å². The molecule has 3 rings (SSSR count). The number of rotatable bonds is 3. The minimum absolute atomic E-state index is 0.287. The molecular formula is C17H21NS. The third-order valence-corrected chi connectivity index (χ3v) is 5.24. The van der Waals surface area contributed by atoms with Crippen LogP contribution in [0.2, 0.25) is 0 Å². The van der Waals surface area contributed by atoms with Crippen LogP contribution in [0.15, 0.2) is 41.8 Å². The summed E-state index contributed by atoms with van der Waals surface area (Å²) in [4.78, 5) is 1.42. The Balaban J connectivity index is 1.87. The van der Waals surface area contributed by atoms with Crippen molar-refractivity contribution in [1.82, 2.24) is 5.32 Å². The second-order valence-electron chi connectivity index (χ2n) is 6.20. The van der Waals surface area contributed by atoms with Crippen molar-refractivity contribution < 1.29 is 0 Å². The highest BCUT2D eigenvalue weighted by Gasteiger charge is 2.39. The van der Waals surface area contributed by atoms with E-state index in [1.807, 2.05) is 11.3 Å². The van der Waals surface area contributed by atoms with Gasteiger partial charge in [-0.25, -0.2) is 0 Å². The molecule has 19 heavy (non-hydrogen) atoms. The Morgan fingerprint density at radius 2 is 2.00 bits per heavy atom. The largest absolute Gasteiger partial charge is 0.302 e. The summed E-state index contributed by atoms with van der Waals surface area (Å²) in [5.74, 6) is 0. The summed E-state index contributed by atoms with van der Waals surface area (Å²) in [6, 6.07) is 14.1. The molecule has 1 aromatic carbocycles. The van der Waals surface area contributed by atoms with Gasteiger partial charge in [0.05, 0.1) is 0 Å². The standard InChI is InChI=1S/C17H21NS/c1-12(15-9-6-10-19-15)18-16-14-8-5-4-7-13(14)11-17(16,2)3/h4-10,12,16,18H,11H2,1-3H3/t12-,16?/m1/s1. The normalized spacial score (nSPS) is 22.2. The van der Waals surface area contributed by atoms with E-state index < -0.39 is 0 Å². The SMILES string of the molecule is C[C@@H](NC1c2ccccc2CC1(C)C)c1cccs1. The van der Waals surface area contributed by atoms with Gasteiger partial charge in [0.15, 0.2) is 0 Å². The third kappa shape index (κ3) is 2.35. The highest BCUT2D eigenvalue weighted by Crippen LogP contribution is 2.46. The topological polar surface area (TPSA) is 12.0 Å². The molecule has 1 nitrogen and oxygen atoms in total. The second-order valence-corrected chi connectivity index (χ2v) is 7.18. The first-order valence-corrected chi connectivity index (χ1v) is 7.83. The second kappa shape index (κ2) is 4.77. The number of hydrogen-bond acceptors (Lipinski definition) is 2. The first kappa shape index (κ1) is 12.9. The first-order valence-electron chi connectivity index (χ1n) is 6.95. The molecule has 0 fully saturated rings. The fraction of sp³-hybridized carbons (Fsp3) is 0.412. The number of hydrogen-bond donors (Lipinski definition) is 1. The average molecular weight is 271 g/mol. The Labute approximate surface area is 119 Å². The van der Waals surface area contributed by atoms with Crippen molar-refractivity contribution >= 4 is 11.3 Å². The average Bonchev–Trinajstić information content (AvgIpc) is 2.96. The van der Waals surface area contributed by atoms with Crippen LogP contribution in [0.3, 0.4) is 0 Å². The molecular weight excluding hydrogens is 250 g/mol. The minimum Gasteiger partial charge on any atom is -0.302 e. The van der Waals surface area contributed by atoms with Crippen molar-refractivity contribution in [2.24, 2.45) is 5.41 Å². The molecule has 0 spiro atoms. The monoisotopic (exact) mass is 271 g/mol. The zero-order valence-corrected chi connectivity index (χ0v) is 12.6. The van der Waals surface area contributed by atoms with E-state index in [1.165, 1.54) is 16.0 Å². The number of benzene rings is 1. The molecule has 1 aromatic heterocycles. The lowest BCUT2D eigenvalue weighted by atomic mass is 9.85. The molecule has 0 amide bonds. The lowest BCUT2D eigenvalue weighted by Gasteiger charge is -2.31. The Morgan fingerprint density at radius 1 is 1.21 bits per heavy atom. The summed E-state index contributed by atoms with van der Waals surface area (Å²) >= 11 is 1.83. The van der Waals surface area contributed by atoms with Gasteiger partial charge in [0.1, 0.15) is 0 Å². The van der Waals surface area contributed by atoms with E-state index in [-0.39, 0.29) is 5.41 Å². The maximum Gasteiger partial charge on any atom is 0.0391 e. The molecule has 1 unspecified atom stereocenters. The Morgan fingerprint density at radius 3 is 2.74 bits per heavy atom. The first-order chi connectivity index (χ1) is 9.08. The molecule has 1 aliphatic rings. The summed E-state index contributed by atoms with van der Waals surface area (Å²) in [6.45, 7) is 7.00. The predicted molar refractivity (Wildman–Crippen MR) is 82.5 cm³/mol. The van der Waals surface area contributed by atoms with Crippen LogP contribution in [0.4, 0.5) is 0 Å². The van der Waals surface area contributed by atoms with E-state index in [1.54, 1.807) is 0 Å². The molecule has 0 aliphatic heterocycles. The van der Waals surface area contributed by atoms with Gasteiger partial charge in [-0.1, -0.05) is 44.2 Å². The molecule has 0 saturated heterocycles. The lowest BCUT2D eigenvalue weighted by molar-refractivity contribution is 0.253. The van der Waals surface area contributed by atoms with Crippen LogP contribution in [-0.4, -0.2) is 0 Å². The summed E-state index contributed by atoms with van der Waals surface area (Å²) in [6.07, 6.45) is 1.16. The predicted octanol–water partition coefficient (Wildman–Crippen LogP) is 4.72. The molecule has 1 aliphatic carbocycles. The Bertz CT molecular complexity index is 556. The molecule has 0 radical (unpaired) electrons. The van der Waals surface area contributed by atoms with Crippen LogP contribution >= 0.6 is 11.3 Å². The smallest absolute Gasteiger partial charge is 0.0391 e. The van der Waals surface area contributed by atoms with Crippen molar-refractivity contribution in [1.29, 1.82) is 0 Å². The van der Waals surface area contributed by atoms with Crippen LogP contribution < -0.4 is 5.32 Å². The summed E-state index contributed by atoms with van der Waals surface area (Å²) in [5, 5.41) is 5.99. The van der Waals surface area contributed by atoms with E-state index in [9.17, 15) is 0 Å². The van der Waals surface area contributed by atoms with Gasteiger partial charge < -0.3 is 5.32 Å². The molecule has 2 atom stereocenters. The molecule has 1 N–H and O–H groups in total. The molecule has 2 aromatic rings. The highest BCUT2D eigenvalue weighted by molar-refractivity contribution is 7.10. The zero-order valence-electron chi connectivity index (χ0n) is 11.8. The van der Waals surface area contributed by atoms with Gasteiger partial charge in [-0.2, -0.15) is 0 Å². The lowest BCUT2D eigenvalue weighted by Crippen LogP contribution is -2.32. The molecule has 0 bridgehead atoms. The van der Waals surface area contributed by atoms with Gasteiger partial charge in [-0.15, -0.1) is 11.3 Å². The minimum atomic E-state index is 0.287. The van der Waals surface area contributed by atoms with Crippen molar-refractivity contribution in [3.8, 4) is 0 Å². The number of nitrogens with one attached hydrogen (secondary N) is 1. The van der Waals surface area contributed by atoms with Crippen molar-refractivity contribution in [2.45, 2.75) is 39.3 Å². The van der Waals surface area contributed by atoms with E-state index in [4.69, 9.17) is 0 Å². The third-order valence-electron chi connectivity index (χ3n) is 4.18. The van der Waals surface area contributed by atoms with Crippen molar-refractivity contribution in [3.63, 3.8) is 0 Å². The van der Waals surface area contributed by atoms with Gasteiger partial charge in [0.2, 0.25) is 0 Å². The van der Waals surface area contributed by atoms with Crippen LogP contribution in [0, 0.1) is 5.41 Å². The maximum absolute atomic E-state index is 3.84. The van der Waals surface area contributed by atoms with Gasteiger partial charge >= 0.3 is 0 Å². The molecule has 0 saturated carbocycles.